The number of hydrogen-bond donors (Lipinski definition) is 2. The lowest BCUT2D eigenvalue weighted by Gasteiger charge is -2.20. The van der Waals surface area contributed by atoms with E-state index in [4.69, 9.17) is 24.3 Å². The molecule has 0 aliphatic carbocycles. The smallest absolute Gasteiger partial charge is 0.457 e. The second kappa shape index (κ2) is 43.6. The Kier molecular flexibility index (Phi) is 43.2. The van der Waals surface area contributed by atoms with Crippen molar-refractivity contribution in [2.24, 2.45) is 5.73 Å². The van der Waals surface area contributed by atoms with Gasteiger partial charge in [-0.05, 0) is 12.8 Å². The zero-order chi connectivity index (χ0) is 39.5. The Balaban J connectivity index is 3.93. The van der Waals surface area contributed by atoms with Crippen molar-refractivity contribution in [1.82, 2.24) is 0 Å². The molecular formula is C45H92NO7P. The molecule has 0 aliphatic rings. The summed E-state index contributed by atoms with van der Waals surface area (Å²) in [6.45, 7) is 5.00. The van der Waals surface area contributed by atoms with Crippen LogP contribution >= 0.6 is 7.82 Å². The minimum absolute atomic E-state index is 0.0899. The van der Waals surface area contributed by atoms with Crippen molar-refractivity contribution in [1.29, 1.82) is 0 Å². The first-order valence-corrected chi connectivity index (χ1v) is 25.0. The topological polar surface area (TPSA) is 117 Å². The summed E-state index contributed by atoms with van der Waals surface area (Å²) in [7, 11) is -4.27. The van der Waals surface area contributed by atoms with Crippen molar-refractivity contribution in [3.63, 3.8) is 0 Å². The van der Waals surface area contributed by atoms with Crippen LogP contribution in [0.1, 0.15) is 245 Å². The van der Waals surface area contributed by atoms with E-state index in [0.717, 1.165) is 32.1 Å². The van der Waals surface area contributed by atoms with Gasteiger partial charge in [0.05, 0.1) is 19.8 Å². The summed E-state index contributed by atoms with van der Waals surface area (Å²) in [4.78, 5) is 22.5. The zero-order valence-electron chi connectivity index (χ0n) is 36.0. The highest BCUT2D eigenvalue weighted by Gasteiger charge is 2.25. The number of esters is 1. The monoisotopic (exact) mass is 790 g/mol. The molecule has 0 fully saturated rings. The summed E-state index contributed by atoms with van der Waals surface area (Å²) < 4.78 is 33.5. The highest BCUT2D eigenvalue weighted by Crippen LogP contribution is 2.43. The van der Waals surface area contributed by atoms with Gasteiger partial charge >= 0.3 is 13.8 Å². The van der Waals surface area contributed by atoms with E-state index >= 15 is 0 Å². The summed E-state index contributed by atoms with van der Waals surface area (Å²) in [5, 5.41) is 0. The third kappa shape index (κ3) is 42.6. The Bertz CT molecular complexity index is 802. The van der Waals surface area contributed by atoms with Crippen LogP contribution in [-0.4, -0.2) is 49.9 Å². The summed E-state index contributed by atoms with van der Waals surface area (Å²) in [5.41, 5.74) is 5.38. The fraction of sp³-hybridized carbons (Fsp3) is 0.978. The predicted molar refractivity (Wildman–Crippen MR) is 229 cm³/mol. The molecule has 0 bridgehead atoms. The van der Waals surface area contributed by atoms with E-state index in [9.17, 15) is 14.3 Å². The lowest BCUT2D eigenvalue weighted by Crippen LogP contribution is -2.28. The molecule has 2 unspecified atom stereocenters. The SMILES string of the molecule is CCCCCCCCCCCCCCCCCCCCC(=O)OC(COCCCCCCCCCCCCCCCCCCC)COP(=O)(O)OCCN. The molecule has 0 saturated heterocycles. The Labute approximate surface area is 335 Å². The predicted octanol–water partition coefficient (Wildman–Crippen LogP) is 14.1. The quantitative estimate of drug-likeness (QED) is 0.0356. The van der Waals surface area contributed by atoms with Gasteiger partial charge < -0.3 is 20.1 Å². The molecule has 3 N–H and O–H groups in total. The molecule has 0 radical (unpaired) electrons. The van der Waals surface area contributed by atoms with Crippen LogP contribution in [0.15, 0.2) is 0 Å². The van der Waals surface area contributed by atoms with Gasteiger partial charge in [-0.1, -0.05) is 226 Å². The Morgan fingerprint density at radius 1 is 0.481 bits per heavy atom. The number of ether oxygens (including phenoxy) is 2. The molecule has 0 aromatic carbocycles. The van der Waals surface area contributed by atoms with E-state index < -0.39 is 13.9 Å². The lowest BCUT2D eigenvalue weighted by atomic mass is 10.0. The van der Waals surface area contributed by atoms with Gasteiger partial charge in [-0.15, -0.1) is 0 Å². The number of nitrogens with two attached hydrogens (primary N) is 1. The number of phosphoric ester groups is 1. The standard InChI is InChI=1S/C45H92NO7P/c1-3-5-7-9-11-13-15-17-19-21-22-24-26-28-30-32-34-36-38-45(47)53-44(43-52-54(48,49)51-41-39-46)42-50-40-37-35-33-31-29-27-25-23-20-18-16-14-12-10-8-6-4-2/h44H,3-43,46H2,1-2H3,(H,48,49). The van der Waals surface area contributed by atoms with Crippen LogP contribution in [0.5, 0.6) is 0 Å². The van der Waals surface area contributed by atoms with Crippen molar-refractivity contribution in [3.8, 4) is 0 Å². The van der Waals surface area contributed by atoms with Gasteiger partial charge in [0.25, 0.3) is 0 Å². The van der Waals surface area contributed by atoms with E-state index in [2.05, 4.69) is 13.8 Å². The average Bonchev–Trinajstić information content (AvgIpc) is 3.16. The molecule has 54 heavy (non-hydrogen) atoms. The Morgan fingerprint density at radius 2 is 0.815 bits per heavy atom. The summed E-state index contributed by atoms with van der Waals surface area (Å²) in [5.74, 6) is -0.322. The first-order valence-electron chi connectivity index (χ1n) is 23.5. The number of phosphoric acid groups is 1. The van der Waals surface area contributed by atoms with Crippen LogP contribution < -0.4 is 5.73 Å². The van der Waals surface area contributed by atoms with E-state index in [-0.39, 0.29) is 32.3 Å². The fourth-order valence-corrected chi connectivity index (χ4v) is 7.82. The number of rotatable bonds is 46. The molecule has 0 aromatic heterocycles. The molecule has 0 aromatic rings. The molecule has 0 rings (SSSR count). The number of carbonyl (C=O) groups is 1. The van der Waals surface area contributed by atoms with Crippen molar-refractivity contribution >= 4 is 13.8 Å². The molecular weight excluding hydrogens is 697 g/mol. The molecule has 0 spiro atoms. The largest absolute Gasteiger partial charge is 0.472 e. The molecule has 9 heteroatoms. The van der Waals surface area contributed by atoms with E-state index in [0.29, 0.717) is 13.0 Å². The van der Waals surface area contributed by atoms with Crippen molar-refractivity contribution in [2.75, 3.05) is 33.0 Å². The molecule has 324 valence electrons. The minimum atomic E-state index is -4.27. The normalized spacial score (nSPS) is 13.3. The first-order chi connectivity index (χ1) is 26.4. The second-order valence-corrected chi connectivity index (χ2v) is 17.4. The van der Waals surface area contributed by atoms with Crippen LogP contribution in [-0.2, 0) is 27.9 Å². The molecule has 8 nitrogen and oxygen atoms in total. The van der Waals surface area contributed by atoms with E-state index in [1.165, 1.54) is 193 Å². The van der Waals surface area contributed by atoms with Crippen molar-refractivity contribution in [3.05, 3.63) is 0 Å². The van der Waals surface area contributed by atoms with Crippen LogP contribution in [0, 0.1) is 0 Å². The van der Waals surface area contributed by atoms with Gasteiger partial charge in [0.1, 0.15) is 6.10 Å². The maximum atomic E-state index is 12.6. The second-order valence-electron chi connectivity index (χ2n) is 16.0. The average molecular weight is 790 g/mol. The highest BCUT2D eigenvalue weighted by atomic mass is 31.2. The van der Waals surface area contributed by atoms with Crippen LogP contribution in [0.2, 0.25) is 0 Å². The third-order valence-corrected chi connectivity index (χ3v) is 11.5. The Hall–Kier alpha value is -0.500. The van der Waals surface area contributed by atoms with Gasteiger partial charge in [0, 0.05) is 19.6 Å². The van der Waals surface area contributed by atoms with Crippen molar-refractivity contribution in [2.45, 2.75) is 251 Å². The highest BCUT2D eigenvalue weighted by molar-refractivity contribution is 7.47. The van der Waals surface area contributed by atoms with Gasteiger partial charge in [-0.3, -0.25) is 13.8 Å². The van der Waals surface area contributed by atoms with Gasteiger partial charge in [0.15, 0.2) is 0 Å². The summed E-state index contributed by atoms with van der Waals surface area (Å²) >= 11 is 0. The molecule has 0 saturated carbocycles. The first kappa shape index (κ1) is 53.5. The molecule has 0 aliphatic heterocycles. The van der Waals surface area contributed by atoms with Crippen LogP contribution in [0.3, 0.4) is 0 Å². The third-order valence-electron chi connectivity index (χ3n) is 10.5. The number of unbranched alkanes of at least 4 members (excludes halogenated alkanes) is 33. The minimum Gasteiger partial charge on any atom is -0.457 e. The van der Waals surface area contributed by atoms with Crippen LogP contribution in [0.25, 0.3) is 0 Å². The van der Waals surface area contributed by atoms with E-state index in [1.807, 2.05) is 0 Å². The molecule has 0 amide bonds. The Morgan fingerprint density at radius 3 is 1.17 bits per heavy atom. The van der Waals surface area contributed by atoms with E-state index in [1.54, 1.807) is 0 Å². The van der Waals surface area contributed by atoms with Crippen molar-refractivity contribution < 1.29 is 32.8 Å². The summed E-state index contributed by atoms with van der Waals surface area (Å²) in [6.07, 6.45) is 45.5. The lowest BCUT2D eigenvalue weighted by molar-refractivity contribution is -0.154. The summed E-state index contributed by atoms with van der Waals surface area (Å²) in [6, 6.07) is 0. The maximum Gasteiger partial charge on any atom is 0.472 e. The van der Waals surface area contributed by atoms with Crippen LogP contribution in [0.4, 0.5) is 0 Å². The fourth-order valence-electron chi connectivity index (χ4n) is 7.06. The van der Waals surface area contributed by atoms with Gasteiger partial charge in [-0.2, -0.15) is 0 Å². The molecule has 2 atom stereocenters. The number of hydrogen-bond acceptors (Lipinski definition) is 7. The maximum absolute atomic E-state index is 12.6. The molecule has 0 heterocycles. The zero-order valence-corrected chi connectivity index (χ0v) is 36.9. The number of carbonyl (C=O) groups excluding carboxylic acids is 1. The van der Waals surface area contributed by atoms with Gasteiger partial charge in [0.2, 0.25) is 0 Å². The van der Waals surface area contributed by atoms with Gasteiger partial charge in [-0.25, -0.2) is 4.57 Å².